The molecule has 2 aromatic carbocycles. The zero-order valence-corrected chi connectivity index (χ0v) is 23.8. The number of likely N-dealkylation sites (N-methyl/N-ethyl adjacent to an activating group) is 1. The van der Waals surface area contributed by atoms with Gasteiger partial charge >= 0.3 is 0 Å². The molecule has 5 rings (SSSR count). The van der Waals surface area contributed by atoms with Gasteiger partial charge in [0.2, 0.25) is 0 Å². The average molecular weight is 545 g/mol. The van der Waals surface area contributed by atoms with E-state index in [0.29, 0.717) is 50.8 Å². The van der Waals surface area contributed by atoms with Crippen molar-refractivity contribution in [2.24, 2.45) is 4.99 Å². The first-order valence-corrected chi connectivity index (χ1v) is 13.8. The summed E-state index contributed by atoms with van der Waals surface area (Å²) in [5, 5.41) is 1.04. The summed E-state index contributed by atoms with van der Waals surface area (Å²) in [4.78, 5) is 38.5. The number of H-pyrrole nitrogens is 1. The van der Waals surface area contributed by atoms with Crippen molar-refractivity contribution in [3.05, 3.63) is 90.2 Å². The van der Waals surface area contributed by atoms with Crippen LogP contribution < -0.4 is 24.4 Å². The number of nitrogens with one attached hydrogen (secondary N) is 1. The van der Waals surface area contributed by atoms with Gasteiger partial charge in [-0.1, -0.05) is 29.5 Å². The van der Waals surface area contributed by atoms with Crippen LogP contribution in [0.4, 0.5) is 0 Å². The Morgan fingerprint density at radius 3 is 2.56 bits per heavy atom. The quantitative estimate of drug-likeness (QED) is 0.382. The lowest BCUT2D eigenvalue weighted by atomic mass is 9.93. The monoisotopic (exact) mass is 544 g/mol. The van der Waals surface area contributed by atoms with E-state index in [2.05, 4.69) is 4.98 Å². The molecule has 0 saturated heterocycles. The molecule has 0 unspecified atom stereocenters. The highest BCUT2D eigenvalue weighted by atomic mass is 32.1. The Labute approximate surface area is 230 Å². The van der Waals surface area contributed by atoms with Crippen LogP contribution in [-0.2, 0) is 4.79 Å². The van der Waals surface area contributed by atoms with Crippen LogP contribution in [0, 0.1) is 6.92 Å². The third-order valence-corrected chi connectivity index (χ3v) is 8.24. The van der Waals surface area contributed by atoms with Crippen molar-refractivity contribution >= 4 is 34.2 Å². The maximum absolute atomic E-state index is 14.2. The van der Waals surface area contributed by atoms with E-state index in [4.69, 9.17) is 14.5 Å². The number of rotatable bonds is 7. The summed E-state index contributed by atoms with van der Waals surface area (Å²) >= 11 is 1.32. The Bertz CT molecular complexity index is 1790. The molecule has 0 aliphatic carbocycles. The third-order valence-electron chi connectivity index (χ3n) is 7.25. The van der Waals surface area contributed by atoms with Crippen molar-refractivity contribution in [1.82, 2.24) is 14.5 Å². The summed E-state index contributed by atoms with van der Waals surface area (Å²) in [7, 11) is 3.17. The van der Waals surface area contributed by atoms with E-state index >= 15 is 0 Å². The lowest BCUT2D eigenvalue weighted by Crippen LogP contribution is -2.43. The molecule has 1 aliphatic rings. The van der Waals surface area contributed by atoms with Gasteiger partial charge < -0.3 is 19.4 Å². The number of nitrogens with zero attached hydrogens (tertiary/aromatic N) is 3. The molecule has 202 valence electrons. The fourth-order valence-corrected chi connectivity index (χ4v) is 6.27. The molecule has 4 aromatic rings. The smallest absolute Gasteiger partial charge is 0.271 e. The Morgan fingerprint density at radius 2 is 1.87 bits per heavy atom. The van der Waals surface area contributed by atoms with E-state index in [1.165, 1.54) is 11.3 Å². The fraction of sp³-hybridized carbons (Fsp3) is 0.300. The highest BCUT2D eigenvalue weighted by Gasteiger charge is 2.36. The van der Waals surface area contributed by atoms with Gasteiger partial charge in [-0.3, -0.25) is 14.2 Å². The highest BCUT2D eigenvalue weighted by molar-refractivity contribution is 7.07. The number of hydrogen-bond donors (Lipinski definition) is 1. The van der Waals surface area contributed by atoms with Gasteiger partial charge in [-0.15, -0.1) is 0 Å². The zero-order chi connectivity index (χ0) is 27.8. The van der Waals surface area contributed by atoms with E-state index in [1.807, 2.05) is 64.1 Å². The van der Waals surface area contributed by atoms with E-state index < -0.39 is 6.04 Å². The SMILES string of the molecule is CCN(CC)C(=O)C1=C(C)N=c2s/c(=C/c3c(C)[nH]c4ccccc34)c(=O)n2[C@H]1c1cc(OC)ccc1OC. The Balaban J connectivity index is 1.81. The minimum Gasteiger partial charge on any atom is -0.497 e. The van der Waals surface area contributed by atoms with Crippen molar-refractivity contribution in [2.45, 2.75) is 33.7 Å². The molecule has 0 saturated carbocycles. The van der Waals surface area contributed by atoms with Crippen LogP contribution in [0.1, 0.15) is 43.6 Å². The molecule has 1 aliphatic heterocycles. The number of benzene rings is 2. The van der Waals surface area contributed by atoms with Gasteiger partial charge in [-0.25, -0.2) is 4.99 Å². The van der Waals surface area contributed by atoms with Crippen molar-refractivity contribution in [1.29, 1.82) is 0 Å². The molecule has 1 N–H and O–H groups in total. The number of ether oxygens (including phenoxy) is 2. The van der Waals surface area contributed by atoms with Gasteiger partial charge in [0.25, 0.3) is 11.5 Å². The number of thiazole rings is 1. The van der Waals surface area contributed by atoms with Gasteiger partial charge in [0, 0.05) is 40.8 Å². The summed E-state index contributed by atoms with van der Waals surface area (Å²) in [6.45, 7) is 8.79. The summed E-state index contributed by atoms with van der Waals surface area (Å²) in [5.41, 5.74) is 4.43. The number of methoxy groups -OCH3 is 2. The van der Waals surface area contributed by atoms with Crippen molar-refractivity contribution in [3.63, 3.8) is 0 Å². The van der Waals surface area contributed by atoms with E-state index in [-0.39, 0.29) is 11.5 Å². The normalized spacial score (nSPS) is 15.3. The largest absolute Gasteiger partial charge is 0.497 e. The lowest BCUT2D eigenvalue weighted by Gasteiger charge is -2.30. The van der Waals surface area contributed by atoms with Gasteiger partial charge in [0.1, 0.15) is 17.5 Å². The van der Waals surface area contributed by atoms with Crippen LogP contribution in [0.25, 0.3) is 17.0 Å². The van der Waals surface area contributed by atoms with Gasteiger partial charge in [-0.2, -0.15) is 0 Å². The molecular formula is C30H32N4O4S. The molecule has 0 bridgehead atoms. The minimum absolute atomic E-state index is 0.155. The molecule has 2 aromatic heterocycles. The molecule has 0 radical (unpaired) electrons. The van der Waals surface area contributed by atoms with Crippen molar-refractivity contribution in [2.75, 3.05) is 27.3 Å². The van der Waals surface area contributed by atoms with Crippen LogP contribution in [0.2, 0.25) is 0 Å². The summed E-state index contributed by atoms with van der Waals surface area (Å²) in [6, 6.07) is 12.7. The number of amides is 1. The molecule has 8 nitrogen and oxygen atoms in total. The molecule has 1 amide bonds. The van der Waals surface area contributed by atoms with Crippen LogP contribution in [0.3, 0.4) is 0 Å². The van der Waals surface area contributed by atoms with Crippen LogP contribution in [-0.4, -0.2) is 47.7 Å². The first kappa shape index (κ1) is 26.5. The second kappa shape index (κ2) is 10.6. The number of aryl methyl sites for hydroxylation is 1. The number of para-hydroxylation sites is 1. The predicted octanol–water partition coefficient (Wildman–Crippen LogP) is 3.91. The zero-order valence-electron chi connectivity index (χ0n) is 23.0. The van der Waals surface area contributed by atoms with Crippen LogP contribution >= 0.6 is 11.3 Å². The number of aromatic amines is 1. The van der Waals surface area contributed by atoms with Crippen molar-refractivity contribution < 1.29 is 14.3 Å². The topological polar surface area (TPSA) is 88.9 Å². The van der Waals surface area contributed by atoms with E-state index in [9.17, 15) is 9.59 Å². The molecule has 3 heterocycles. The van der Waals surface area contributed by atoms with Crippen LogP contribution in [0.15, 0.2) is 63.5 Å². The van der Waals surface area contributed by atoms with Gasteiger partial charge in [0.05, 0.1) is 30.0 Å². The second-order valence-electron chi connectivity index (χ2n) is 9.38. The molecule has 0 spiro atoms. The van der Waals surface area contributed by atoms with Gasteiger partial charge in [-0.05, 0) is 58.0 Å². The standard InChI is InChI=1S/C30H32N4O4S/c1-7-33(8-2)29(36)26-18(4)32-30-34(27(26)22-15-19(37-5)13-14-24(22)38-6)28(35)25(39-30)16-21-17(3)31-23-12-10-9-11-20(21)23/h9-16,27,31H,7-8H2,1-6H3/b25-16+/t27-/m0/s1. The van der Waals surface area contributed by atoms with E-state index in [1.54, 1.807) is 35.8 Å². The number of aromatic nitrogens is 2. The molecule has 9 heteroatoms. The summed E-state index contributed by atoms with van der Waals surface area (Å²) in [5.74, 6) is 1.01. The number of hydrogen-bond acceptors (Lipinski definition) is 6. The van der Waals surface area contributed by atoms with E-state index in [0.717, 1.165) is 22.2 Å². The minimum atomic E-state index is -0.731. The summed E-state index contributed by atoms with van der Waals surface area (Å²) < 4.78 is 13.4. The first-order valence-electron chi connectivity index (χ1n) is 12.9. The van der Waals surface area contributed by atoms with Gasteiger partial charge in [0.15, 0.2) is 4.80 Å². The highest BCUT2D eigenvalue weighted by Crippen LogP contribution is 2.38. The third kappa shape index (κ3) is 4.46. The molecule has 0 fully saturated rings. The maximum atomic E-state index is 14.2. The first-order chi connectivity index (χ1) is 18.8. The predicted molar refractivity (Wildman–Crippen MR) is 154 cm³/mol. The Kier molecular flexibility index (Phi) is 7.18. The summed E-state index contributed by atoms with van der Waals surface area (Å²) in [6.07, 6.45) is 1.92. The number of carbonyl (C=O) groups excluding carboxylic acids is 1. The molecule has 1 atom stereocenters. The fourth-order valence-electron chi connectivity index (χ4n) is 5.24. The number of carbonyl (C=O) groups is 1. The Morgan fingerprint density at radius 1 is 1.13 bits per heavy atom. The molecule has 39 heavy (non-hydrogen) atoms. The van der Waals surface area contributed by atoms with Crippen LogP contribution in [0.5, 0.6) is 11.5 Å². The Hall–Kier alpha value is -4.11. The maximum Gasteiger partial charge on any atom is 0.271 e. The van der Waals surface area contributed by atoms with Crippen molar-refractivity contribution in [3.8, 4) is 11.5 Å². The number of allylic oxidation sites excluding steroid dienone is 1. The lowest BCUT2D eigenvalue weighted by molar-refractivity contribution is -0.127. The molecular weight excluding hydrogens is 512 g/mol. The average Bonchev–Trinajstić information content (AvgIpc) is 3.43. The second-order valence-corrected chi connectivity index (χ2v) is 10.4. The number of fused-ring (bicyclic) bond motifs is 2.